The summed E-state index contributed by atoms with van der Waals surface area (Å²) in [5.41, 5.74) is 3.04. The smallest absolute Gasteiger partial charge is 0.262 e. The summed E-state index contributed by atoms with van der Waals surface area (Å²) in [7, 11) is -3.55. The highest BCUT2D eigenvalue weighted by atomic mass is 32.2. The van der Waals surface area contributed by atoms with E-state index in [-0.39, 0.29) is 23.5 Å². The molecule has 1 aliphatic rings. The minimum absolute atomic E-state index is 0.0115. The molecule has 0 atom stereocenters. The summed E-state index contributed by atoms with van der Waals surface area (Å²) in [5, 5.41) is 2.96. The fraction of sp³-hybridized carbons (Fsp3) is 0.458. The molecule has 1 fully saturated rings. The SMILES string of the molecule is CCc1cccc(CC)c1NC(=O)COc1ccc(S(=O)(=O)NC2CCCCC2)cc1. The highest BCUT2D eigenvalue weighted by Gasteiger charge is 2.21. The zero-order valence-electron chi connectivity index (χ0n) is 18.3. The van der Waals surface area contributed by atoms with Crippen LogP contribution >= 0.6 is 0 Å². The Morgan fingerprint density at radius 3 is 2.16 bits per heavy atom. The Bertz CT molecular complexity index is 959. The molecule has 6 nitrogen and oxygen atoms in total. The van der Waals surface area contributed by atoms with E-state index < -0.39 is 10.0 Å². The lowest BCUT2D eigenvalue weighted by molar-refractivity contribution is -0.118. The fourth-order valence-electron chi connectivity index (χ4n) is 3.95. The van der Waals surface area contributed by atoms with Crippen molar-refractivity contribution in [1.29, 1.82) is 0 Å². The topological polar surface area (TPSA) is 84.5 Å². The van der Waals surface area contributed by atoms with Crippen LogP contribution in [-0.2, 0) is 27.7 Å². The number of hydrogen-bond donors (Lipinski definition) is 2. The summed E-state index contributed by atoms with van der Waals surface area (Å²) in [6.45, 7) is 3.97. The first kappa shape index (κ1) is 23.3. The lowest BCUT2D eigenvalue weighted by Gasteiger charge is -2.22. The molecule has 0 aliphatic heterocycles. The van der Waals surface area contributed by atoms with Crippen molar-refractivity contribution >= 4 is 21.6 Å². The molecule has 0 aromatic heterocycles. The minimum Gasteiger partial charge on any atom is -0.484 e. The lowest BCUT2D eigenvalue weighted by atomic mass is 9.96. The van der Waals surface area contributed by atoms with Gasteiger partial charge in [-0.15, -0.1) is 0 Å². The predicted octanol–water partition coefficient (Wildman–Crippen LogP) is 4.44. The van der Waals surface area contributed by atoms with Gasteiger partial charge in [-0.25, -0.2) is 13.1 Å². The van der Waals surface area contributed by atoms with Crippen molar-refractivity contribution in [2.75, 3.05) is 11.9 Å². The Morgan fingerprint density at radius 1 is 0.968 bits per heavy atom. The van der Waals surface area contributed by atoms with E-state index in [0.29, 0.717) is 5.75 Å². The van der Waals surface area contributed by atoms with Gasteiger partial charge in [0.25, 0.3) is 5.91 Å². The monoisotopic (exact) mass is 444 g/mol. The summed E-state index contributed by atoms with van der Waals surface area (Å²) in [6, 6.07) is 12.2. The zero-order chi connectivity index (χ0) is 22.3. The summed E-state index contributed by atoms with van der Waals surface area (Å²) in [6.07, 6.45) is 6.72. The third-order valence-electron chi connectivity index (χ3n) is 5.69. The molecule has 2 aromatic carbocycles. The van der Waals surface area contributed by atoms with E-state index in [2.05, 4.69) is 23.9 Å². The van der Waals surface area contributed by atoms with Crippen LogP contribution in [0.1, 0.15) is 57.1 Å². The fourth-order valence-corrected chi connectivity index (χ4v) is 5.26. The number of para-hydroxylation sites is 1. The third kappa shape index (κ3) is 6.31. The number of aryl methyl sites for hydroxylation is 2. The van der Waals surface area contributed by atoms with Crippen LogP contribution in [-0.4, -0.2) is 27.0 Å². The van der Waals surface area contributed by atoms with Crippen LogP contribution < -0.4 is 14.8 Å². The van der Waals surface area contributed by atoms with Crippen molar-refractivity contribution in [2.45, 2.75) is 69.7 Å². The van der Waals surface area contributed by atoms with E-state index in [0.717, 1.165) is 55.3 Å². The van der Waals surface area contributed by atoms with Crippen molar-refractivity contribution in [3.05, 3.63) is 53.6 Å². The average Bonchev–Trinajstić information content (AvgIpc) is 2.78. The standard InChI is InChI=1S/C24H32N2O4S/c1-3-18-9-8-10-19(4-2)24(18)25-23(27)17-30-21-13-15-22(16-14-21)31(28,29)26-20-11-6-5-7-12-20/h8-10,13-16,20,26H,3-7,11-12,17H2,1-2H3,(H,25,27). The molecule has 0 bridgehead atoms. The number of carbonyl (C=O) groups is 1. The van der Waals surface area contributed by atoms with Crippen LogP contribution in [0.2, 0.25) is 0 Å². The normalized spacial score (nSPS) is 14.9. The molecular weight excluding hydrogens is 412 g/mol. The van der Waals surface area contributed by atoms with Crippen molar-refractivity contribution < 1.29 is 17.9 Å². The van der Waals surface area contributed by atoms with Gasteiger partial charge in [-0.1, -0.05) is 51.3 Å². The quantitative estimate of drug-likeness (QED) is 0.599. The van der Waals surface area contributed by atoms with E-state index in [9.17, 15) is 13.2 Å². The van der Waals surface area contributed by atoms with Crippen LogP contribution in [0, 0.1) is 0 Å². The van der Waals surface area contributed by atoms with Gasteiger partial charge in [0.1, 0.15) is 5.75 Å². The number of anilines is 1. The first-order valence-corrected chi connectivity index (χ1v) is 12.6. The van der Waals surface area contributed by atoms with E-state index in [1.165, 1.54) is 18.6 Å². The second kappa shape index (κ2) is 10.8. The molecule has 168 valence electrons. The summed E-state index contributed by atoms with van der Waals surface area (Å²) >= 11 is 0. The van der Waals surface area contributed by atoms with E-state index >= 15 is 0 Å². The van der Waals surface area contributed by atoms with Crippen molar-refractivity contribution in [2.24, 2.45) is 0 Å². The molecule has 0 radical (unpaired) electrons. The molecule has 1 amide bonds. The molecule has 1 aliphatic carbocycles. The molecular formula is C24H32N2O4S. The molecule has 0 unspecified atom stereocenters. The van der Waals surface area contributed by atoms with Gasteiger partial charge in [-0.2, -0.15) is 0 Å². The number of benzene rings is 2. The van der Waals surface area contributed by atoms with E-state index in [4.69, 9.17) is 4.74 Å². The summed E-state index contributed by atoms with van der Waals surface area (Å²) in [5.74, 6) is 0.206. The van der Waals surface area contributed by atoms with Gasteiger partial charge in [-0.3, -0.25) is 4.79 Å². The molecule has 31 heavy (non-hydrogen) atoms. The number of amides is 1. The van der Waals surface area contributed by atoms with Gasteiger partial charge >= 0.3 is 0 Å². The zero-order valence-corrected chi connectivity index (χ0v) is 19.1. The third-order valence-corrected chi connectivity index (χ3v) is 7.23. The lowest BCUT2D eigenvalue weighted by Crippen LogP contribution is -2.36. The number of sulfonamides is 1. The summed E-state index contributed by atoms with van der Waals surface area (Å²) in [4.78, 5) is 12.6. The van der Waals surface area contributed by atoms with Crippen LogP contribution in [0.3, 0.4) is 0 Å². The van der Waals surface area contributed by atoms with E-state index in [1.807, 2.05) is 18.2 Å². The van der Waals surface area contributed by atoms with Gasteiger partial charge in [-0.05, 0) is 61.1 Å². The summed E-state index contributed by atoms with van der Waals surface area (Å²) < 4.78 is 33.5. The number of rotatable bonds is 9. The van der Waals surface area contributed by atoms with Gasteiger partial charge in [0.2, 0.25) is 10.0 Å². The maximum Gasteiger partial charge on any atom is 0.262 e. The Morgan fingerprint density at radius 2 is 1.58 bits per heavy atom. The molecule has 1 saturated carbocycles. The molecule has 2 N–H and O–H groups in total. The highest BCUT2D eigenvalue weighted by Crippen LogP contribution is 2.23. The molecule has 0 saturated heterocycles. The van der Waals surface area contributed by atoms with Gasteiger partial charge in [0.15, 0.2) is 6.61 Å². The largest absolute Gasteiger partial charge is 0.484 e. The first-order chi connectivity index (χ1) is 14.9. The highest BCUT2D eigenvalue weighted by molar-refractivity contribution is 7.89. The second-order valence-corrected chi connectivity index (χ2v) is 9.64. The number of ether oxygens (including phenoxy) is 1. The Hall–Kier alpha value is -2.38. The Kier molecular flexibility index (Phi) is 8.09. The first-order valence-electron chi connectivity index (χ1n) is 11.1. The van der Waals surface area contributed by atoms with Crippen LogP contribution in [0.5, 0.6) is 5.75 Å². The van der Waals surface area contributed by atoms with Crippen LogP contribution in [0.15, 0.2) is 47.4 Å². The maximum absolute atomic E-state index is 12.6. The number of carbonyl (C=O) groups excluding carboxylic acids is 1. The number of hydrogen-bond acceptors (Lipinski definition) is 4. The average molecular weight is 445 g/mol. The molecule has 0 spiro atoms. The van der Waals surface area contributed by atoms with Crippen molar-refractivity contribution in [3.8, 4) is 5.75 Å². The Balaban J connectivity index is 1.57. The minimum atomic E-state index is -3.55. The molecule has 2 aromatic rings. The molecule has 3 rings (SSSR count). The van der Waals surface area contributed by atoms with E-state index in [1.54, 1.807) is 12.1 Å². The maximum atomic E-state index is 12.6. The van der Waals surface area contributed by atoms with Gasteiger partial charge < -0.3 is 10.1 Å². The van der Waals surface area contributed by atoms with Crippen LogP contribution in [0.4, 0.5) is 5.69 Å². The Labute approximate surface area is 185 Å². The van der Waals surface area contributed by atoms with Crippen molar-refractivity contribution in [3.63, 3.8) is 0 Å². The predicted molar refractivity (Wildman–Crippen MR) is 123 cm³/mol. The van der Waals surface area contributed by atoms with Gasteiger partial charge in [0.05, 0.1) is 4.90 Å². The van der Waals surface area contributed by atoms with Gasteiger partial charge in [0, 0.05) is 11.7 Å². The van der Waals surface area contributed by atoms with Crippen LogP contribution in [0.25, 0.3) is 0 Å². The second-order valence-electron chi connectivity index (χ2n) is 7.92. The van der Waals surface area contributed by atoms with Crippen molar-refractivity contribution in [1.82, 2.24) is 4.72 Å². The number of nitrogens with one attached hydrogen (secondary N) is 2. The molecule has 7 heteroatoms. The molecule has 0 heterocycles.